The average Bonchev–Trinajstić information content (AvgIpc) is 2.98. The van der Waals surface area contributed by atoms with E-state index >= 15 is 0 Å². The maximum absolute atomic E-state index is 13.4. The molecule has 1 fully saturated rings. The lowest BCUT2D eigenvalue weighted by Crippen LogP contribution is -2.39. The molecule has 2 aliphatic heterocycles. The Hall–Kier alpha value is -1.85. The first kappa shape index (κ1) is 19.5. The van der Waals surface area contributed by atoms with Gasteiger partial charge in [0.15, 0.2) is 11.5 Å². The third-order valence-electron chi connectivity index (χ3n) is 5.94. The molecule has 6 heteroatoms. The van der Waals surface area contributed by atoms with Crippen LogP contribution in [0.4, 0.5) is 0 Å². The molecule has 4 rings (SSSR count). The van der Waals surface area contributed by atoms with Gasteiger partial charge in [0.25, 0.3) is 5.91 Å². The Morgan fingerprint density at radius 1 is 1.18 bits per heavy atom. The van der Waals surface area contributed by atoms with Crippen LogP contribution in [0.2, 0.25) is 5.02 Å². The molecule has 0 radical (unpaired) electrons. The molecule has 0 N–H and O–H groups in total. The monoisotopic (exact) mass is 403 g/mol. The summed E-state index contributed by atoms with van der Waals surface area (Å²) in [5.41, 5.74) is 1.43. The first-order valence-electron chi connectivity index (χ1n) is 10.2. The van der Waals surface area contributed by atoms with Crippen molar-refractivity contribution in [3.63, 3.8) is 0 Å². The fourth-order valence-electron chi connectivity index (χ4n) is 4.60. The summed E-state index contributed by atoms with van der Waals surface area (Å²) >= 11 is 6.06. The predicted molar refractivity (Wildman–Crippen MR) is 106 cm³/mol. The van der Waals surface area contributed by atoms with E-state index in [0.29, 0.717) is 36.8 Å². The van der Waals surface area contributed by atoms with Crippen molar-refractivity contribution >= 4 is 23.3 Å². The zero-order valence-electron chi connectivity index (χ0n) is 16.2. The molecule has 1 aromatic rings. The van der Waals surface area contributed by atoms with Crippen LogP contribution >= 0.6 is 11.6 Å². The maximum Gasteiger partial charge on any atom is 0.290 e. The highest BCUT2D eigenvalue weighted by atomic mass is 35.5. The SMILES string of the molecule is CCOCCCN1C(=O)C2=C(C(=O)C3CCCCC3O2)C1c1ccc(Cl)cc1. The topological polar surface area (TPSA) is 55.8 Å². The number of carbonyl (C=O) groups excluding carboxylic acids is 2. The Kier molecular flexibility index (Phi) is 5.74. The number of nitrogens with zero attached hydrogens (tertiary/aromatic N) is 1. The van der Waals surface area contributed by atoms with E-state index in [0.717, 1.165) is 31.2 Å². The molecular weight excluding hydrogens is 378 g/mol. The van der Waals surface area contributed by atoms with Gasteiger partial charge in [0.1, 0.15) is 6.10 Å². The standard InChI is InChI=1S/C22H26ClNO4/c1-2-27-13-5-12-24-19(14-8-10-15(23)11-9-14)18-20(25)16-6-3-4-7-17(16)28-21(18)22(24)26/h8-11,16-17,19H,2-7,12-13H2,1H3. The van der Waals surface area contributed by atoms with Crippen LogP contribution in [0.15, 0.2) is 35.6 Å². The van der Waals surface area contributed by atoms with Crippen molar-refractivity contribution in [2.24, 2.45) is 5.92 Å². The van der Waals surface area contributed by atoms with Crippen molar-refractivity contribution in [2.75, 3.05) is 19.8 Å². The summed E-state index contributed by atoms with van der Waals surface area (Å²) < 4.78 is 11.6. The first-order valence-corrected chi connectivity index (χ1v) is 10.6. The zero-order chi connectivity index (χ0) is 19.7. The molecular formula is C22H26ClNO4. The van der Waals surface area contributed by atoms with Gasteiger partial charge >= 0.3 is 0 Å². The Morgan fingerprint density at radius 2 is 1.93 bits per heavy atom. The number of amides is 1. The van der Waals surface area contributed by atoms with Crippen LogP contribution in [-0.4, -0.2) is 42.5 Å². The molecule has 28 heavy (non-hydrogen) atoms. The quantitative estimate of drug-likeness (QED) is 0.672. The number of ether oxygens (including phenoxy) is 2. The van der Waals surface area contributed by atoms with Gasteiger partial charge in [-0.05, 0) is 50.3 Å². The lowest BCUT2D eigenvalue weighted by atomic mass is 9.77. The number of halogens is 1. The minimum Gasteiger partial charge on any atom is -0.483 e. The smallest absolute Gasteiger partial charge is 0.290 e. The number of hydrogen-bond acceptors (Lipinski definition) is 4. The van der Waals surface area contributed by atoms with Crippen molar-refractivity contribution in [1.82, 2.24) is 4.90 Å². The molecule has 5 nitrogen and oxygen atoms in total. The van der Waals surface area contributed by atoms with E-state index in [1.165, 1.54) is 0 Å². The zero-order valence-corrected chi connectivity index (χ0v) is 16.9. The number of rotatable bonds is 6. The van der Waals surface area contributed by atoms with Gasteiger partial charge in [-0.1, -0.05) is 30.2 Å². The highest BCUT2D eigenvalue weighted by molar-refractivity contribution is 6.30. The van der Waals surface area contributed by atoms with Crippen molar-refractivity contribution in [1.29, 1.82) is 0 Å². The highest BCUT2D eigenvalue weighted by Gasteiger charge is 2.51. The number of ketones is 1. The van der Waals surface area contributed by atoms with Gasteiger partial charge in [0.05, 0.1) is 17.5 Å². The fourth-order valence-corrected chi connectivity index (χ4v) is 4.72. The van der Waals surface area contributed by atoms with E-state index in [2.05, 4.69) is 0 Å². The van der Waals surface area contributed by atoms with E-state index in [1.54, 1.807) is 17.0 Å². The minimum atomic E-state index is -0.406. The molecule has 3 atom stereocenters. The molecule has 1 aliphatic carbocycles. The van der Waals surface area contributed by atoms with E-state index in [4.69, 9.17) is 21.1 Å². The van der Waals surface area contributed by atoms with Crippen LogP contribution < -0.4 is 0 Å². The molecule has 0 saturated heterocycles. The summed E-state index contributed by atoms with van der Waals surface area (Å²) in [6.45, 7) is 3.70. The van der Waals surface area contributed by atoms with Crippen LogP contribution in [0.25, 0.3) is 0 Å². The summed E-state index contributed by atoms with van der Waals surface area (Å²) in [5.74, 6) is 0.0540. The van der Waals surface area contributed by atoms with Crippen LogP contribution in [0.1, 0.15) is 50.6 Å². The maximum atomic E-state index is 13.4. The van der Waals surface area contributed by atoms with Crippen molar-refractivity contribution in [3.8, 4) is 0 Å². The largest absolute Gasteiger partial charge is 0.483 e. The Morgan fingerprint density at radius 3 is 2.68 bits per heavy atom. The second-order valence-corrected chi connectivity index (χ2v) is 8.09. The molecule has 1 aromatic carbocycles. The molecule has 1 saturated carbocycles. The van der Waals surface area contributed by atoms with Gasteiger partial charge in [-0.2, -0.15) is 0 Å². The van der Waals surface area contributed by atoms with Crippen molar-refractivity contribution < 1.29 is 19.1 Å². The van der Waals surface area contributed by atoms with E-state index in [-0.39, 0.29) is 29.5 Å². The molecule has 3 unspecified atom stereocenters. The molecule has 1 amide bonds. The molecule has 0 bridgehead atoms. The fraction of sp³-hybridized carbons (Fsp3) is 0.545. The second-order valence-electron chi connectivity index (χ2n) is 7.66. The first-order chi connectivity index (χ1) is 13.6. The third-order valence-corrected chi connectivity index (χ3v) is 6.19. The van der Waals surface area contributed by atoms with Crippen LogP contribution in [0.3, 0.4) is 0 Å². The highest BCUT2D eigenvalue weighted by Crippen LogP contribution is 2.46. The average molecular weight is 404 g/mol. The van der Waals surface area contributed by atoms with E-state index in [9.17, 15) is 9.59 Å². The number of carbonyl (C=O) groups is 2. The molecule has 3 aliphatic rings. The second kappa shape index (κ2) is 8.26. The van der Waals surface area contributed by atoms with Gasteiger partial charge in [-0.15, -0.1) is 0 Å². The molecule has 0 spiro atoms. The summed E-state index contributed by atoms with van der Waals surface area (Å²) in [6, 6.07) is 6.99. The van der Waals surface area contributed by atoms with Crippen LogP contribution in [0, 0.1) is 5.92 Å². The summed E-state index contributed by atoms with van der Waals surface area (Å²) in [6.07, 6.45) is 4.33. The van der Waals surface area contributed by atoms with Gasteiger partial charge in [0, 0.05) is 24.8 Å². The van der Waals surface area contributed by atoms with E-state index in [1.807, 2.05) is 19.1 Å². The molecule has 0 aromatic heterocycles. The van der Waals surface area contributed by atoms with Crippen molar-refractivity contribution in [2.45, 2.75) is 51.2 Å². The molecule has 150 valence electrons. The number of benzene rings is 1. The van der Waals surface area contributed by atoms with Gasteiger partial charge in [0.2, 0.25) is 0 Å². The third kappa shape index (κ3) is 3.46. The predicted octanol–water partition coefficient (Wildman–Crippen LogP) is 4.06. The van der Waals surface area contributed by atoms with Gasteiger partial charge in [-0.25, -0.2) is 0 Å². The number of Topliss-reactive ketones (excluding diaryl/α,β-unsaturated/α-hetero) is 1. The summed E-state index contributed by atoms with van der Waals surface area (Å²) in [5, 5.41) is 0.628. The Labute approximate surface area is 170 Å². The lowest BCUT2D eigenvalue weighted by Gasteiger charge is -2.35. The lowest BCUT2D eigenvalue weighted by molar-refractivity contribution is -0.135. The summed E-state index contributed by atoms with van der Waals surface area (Å²) in [4.78, 5) is 28.4. The minimum absolute atomic E-state index is 0.0894. The van der Waals surface area contributed by atoms with Crippen LogP contribution in [0.5, 0.6) is 0 Å². The van der Waals surface area contributed by atoms with Gasteiger partial charge in [-0.3, -0.25) is 9.59 Å². The molecule has 2 heterocycles. The number of hydrogen-bond donors (Lipinski definition) is 0. The van der Waals surface area contributed by atoms with Gasteiger partial charge < -0.3 is 14.4 Å². The number of fused-ring (bicyclic) bond motifs is 1. The Bertz CT molecular complexity index is 788. The Balaban J connectivity index is 1.68. The normalized spacial score (nSPS) is 26.9. The van der Waals surface area contributed by atoms with E-state index < -0.39 is 6.04 Å². The van der Waals surface area contributed by atoms with Crippen LogP contribution in [-0.2, 0) is 19.1 Å². The summed E-state index contributed by atoms with van der Waals surface area (Å²) in [7, 11) is 0. The van der Waals surface area contributed by atoms with Crippen molar-refractivity contribution in [3.05, 3.63) is 46.2 Å².